The molecule has 1 aliphatic rings. The molecule has 0 saturated heterocycles. The van der Waals surface area contributed by atoms with Gasteiger partial charge in [0.05, 0.1) is 11.8 Å². The van der Waals surface area contributed by atoms with Gasteiger partial charge in [-0.25, -0.2) is 4.98 Å². The Morgan fingerprint density at radius 2 is 2.14 bits per heavy atom. The van der Waals surface area contributed by atoms with Gasteiger partial charge in [-0.3, -0.25) is 4.79 Å². The molecule has 3 rings (SSSR count). The van der Waals surface area contributed by atoms with Gasteiger partial charge in [0, 0.05) is 6.42 Å². The van der Waals surface area contributed by atoms with E-state index in [-0.39, 0.29) is 29.1 Å². The monoisotopic (exact) mass is 377 g/mol. The Balaban J connectivity index is 1.97. The fourth-order valence-electron chi connectivity index (χ4n) is 3.51. The first-order chi connectivity index (χ1) is 13.1. The van der Waals surface area contributed by atoms with E-state index in [9.17, 15) is 9.90 Å². The van der Waals surface area contributed by atoms with Crippen LogP contribution < -0.4 is 0 Å². The van der Waals surface area contributed by atoms with E-state index in [2.05, 4.69) is 29.9 Å². The summed E-state index contributed by atoms with van der Waals surface area (Å²) in [5.41, 5.74) is 3.61. The molecule has 0 radical (unpaired) electrons. The SMILES string of the molecule is CC1(C)CC=C(c2cc(C(C)(C)O)ccc2CC(=O)c2ncc(C#N)[nH]2)CC1. The van der Waals surface area contributed by atoms with Gasteiger partial charge in [-0.1, -0.05) is 32.1 Å². The van der Waals surface area contributed by atoms with Gasteiger partial charge in [0.15, 0.2) is 5.82 Å². The highest BCUT2D eigenvalue weighted by atomic mass is 16.3. The maximum Gasteiger partial charge on any atom is 0.202 e. The number of nitriles is 1. The summed E-state index contributed by atoms with van der Waals surface area (Å²) in [5, 5.41) is 19.4. The average Bonchev–Trinajstić information content (AvgIpc) is 3.11. The summed E-state index contributed by atoms with van der Waals surface area (Å²) in [6.45, 7) is 8.06. The molecule has 1 aromatic carbocycles. The number of allylic oxidation sites excluding steroid dienone is 2. The van der Waals surface area contributed by atoms with Gasteiger partial charge in [0.25, 0.3) is 0 Å². The standard InChI is InChI=1S/C23H27N3O2/c1-22(2)9-7-15(8-10-22)19-12-17(23(3,4)28)6-5-16(19)11-20(27)21-25-14-18(13-24)26-21/h5-7,12,14,28H,8-11H2,1-4H3,(H,25,26). The second kappa shape index (κ2) is 7.37. The molecule has 0 aliphatic heterocycles. The Bertz CT molecular complexity index is 968. The van der Waals surface area contributed by atoms with Gasteiger partial charge in [-0.2, -0.15) is 5.26 Å². The number of hydrogen-bond acceptors (Lipinski definition) is 4. The zero-order valence-electron chi connectivity index (χ0n) is 17.0. The predicted octanol–water partition coefficient (Wildman–Crippen LogP) is 4.53. The van der Waals surface area contributed by atoms with Gasteiger partial charge in [0.1, 0.15) is 11.8 Å². The number of Topliss-reactive ketones (excluding diaryl/α,β-unsaturated/α-hetero) is 1. The summed E-state index contributed by atoms with van der Waals surface area (Å²) < 4.78 is 0. The molecule has 1 aromatic heterocycles. The normalized spacial score (nSPS) is 16.4. The minimum atomic E-state index is -0.950. The molecule has 5 heteroatoms. The van der Waals surface area contributed by atoms with Crippen molar-refractivity contribution < 1.29 is 9.90 Å². The average molecular weight is 377 g/mol. The summed E-state index contributed by atoms with van der Waals surface area (Å²) in [6, 6.07) is 7.77. The van der Waals surface area contributed by atoms with Crippen LogP contribution in [0.5, 0.6) is 0 Å². The molecule has 5 nitrogen and oxygen atoms in total. The van der Waals surface area contributed by atoms with Crippen LogP contribution in [0, 0.1) is 16.7 Å². The first-order valence-electron chi connectivity index (χ1n) is 9.62. The van der Waals surface area contributed by atoms with Crippen molar-refractivity contribution in [1.82, 2.24) is 9.97 Å². The van der Waals surface area contributed by atoms with E-state index in [1.165, 1.54) is 11.8 Å². The second-order valence-electron chi connectivity index (χ2n) is 8.89. The number of H-pyrrole nitrogens is 1. The van der Waals surface area contributed by atoms with Crippen LogP contribution in [-0.4, -0.2) is 20.9 Å². The van der Waals surface area contributed by atoms with Crippen molar-refractivity contribution in [3.05, 3.63) is 58.7 Å². The summed E-state index contributed by atoms with van der Waals surface area (Å²) in [5.74, 6) is 0.0447. The van der Waals surface area contributed by atoms with E-state index < -0.39 is 5.60 Å². The van der Waals surface area contributed by atoms with Crippen LogP contribution in [0.25, 0.3) is 5.57 Å². The summed E-state index contributed by atoms with van der Waals surface area (Å²) in [6.07, 6.45) is 6.86. The van der Waals surface area contributed by atoms with Crippen molar-refractivity contribution in [2.75, 3.05) is 0 Å². The Labute approximate surface area is 166 Å². The fraction of sp³-hybridized carbons (Fsp3) is 0.435. The number of imidazole rings is 1. The van der Waals surface area contributed by atoms with E-state index in [0.29, 0.717) is 0 Å². The molecule has 0 amide bonds. The first kappa shape index (κ1) is 20.0. The summed E-state index contributed by atoms with van der Waals surface area (Å²) in [4.78, 5) is 19.5. The lowest BCUT2D eigenvalue weighted by molar-refractivity contribution is 0.0785. The molecule has 0 fully saturated rings. The molecular formula is C23H27N3O2. The van der Waals surface area contributed by atoms with Crippen LogP contribution in [-0.2, 0) is 12.0 Å². The number of carbonyl (C=O) groups is 1. The number of aliphatic hydroxyl groups is 1. The molecule has 1 aliphatic carbocycles. The third-order valence-corrected chi connectivity index (χ3v) is 5.45. The molecule has 146 valence electrons. The molecule has 0 spiro atoms. The van der Waals surface area contributed by atoms with Crippen molar-refractivity contribution in [2.45, 2.75) is 59.0 Å². The highest BCUT2D eigenvalue weighted by Gasteiger charge is 2.25. The van der Waals surface area contributed by atoms with E-state index in [1.54, 1.807) is 13.8 Å². The van der Waals surface area contributed by atoms with Crippen molar-refractivity contribution >= 4 is 11.4 Å². The minimum absolute atomic E-state index is 0.157. The molecule has 0 saturated carbocycles. The largest absolute Gasteiger partial charge is 0.386 e. The van der Waals surface area contributed by atoms with Crippen molar-refractivity contribution in [3.8, 4) is 6.07 Å². The van der Waals surface area contributed by atoms with Gasteiger partial charge in [0.2, 0.25) is 5.78 Å². The molecular weight excluding hydrogens is 350 g/mol. The Kier molecular flexibility index (Phi) is 5.27. The third-order valence-electron chi connectivity index (χ3n) is 5.45. The Morgan fingerprint density at radius 3 is 2.71 bits per heavy atom. The quantitative estimate of drug-likeness (QED) is 0.749. The zero-order chi connectivity index (χ0) is 20.5. The summed E-state index contributed by atoms with van der Waals surface area (Å²) in [7, 11) is 0. The number of hydrogen-bond donors (Lipinski definition) is 2. The van der Waals surface area contributed by atoms with E-state index in [0.717, 1.165) is 36.0 Å². The number of aromatic nitrogens is 2. The number of carbonyl (C=O) groups excluding carboxylic acids is 1. The maximum absolute atomic E-state index is 12.7. The number of aromatic amines is 1. The number of nitrogens with one attached hydrogen (secondary N) is 1. The first-order valence-corrected chi connectivity index (χ1v) is 9.62. The van der Waals surface area contributed by atoms with E-state index in [4.69, 9.17) is 5.26 Å². The number of ketones is 1. The Morgan fingerprint density at radius 1 is 1.39 bits per heavy atom. The van der Waals surface area contributed by atoms with Gasteiger partial charge >= 0.3 is 0 Å². The fourth-order valence-corrected chi connectivity index (χ4v) is 3.51. The van der Waals surface area contributed by atoms with Crippen LogP contribution in [0.1, 0.15) is 80.0 Å². The lowest BCUT2D eigenvalue weighted by Crippen LogP contribution is -2.18. The molecule has 2 aromatic rings. The van der Waals surface area contributed by atoms with Gasteiger partial charge < -0.3 is 10.1 Å². The van der Waals surface area contributed by atoms with E-state index >= 15 is 0 Å². The molecule has 0 bridgehead atoms. The van der Waals surface area contributed by atoms with Crippen molar-refractivity contribution in [1.29, 1.82) is 5.26 Å². The third kappa shape index (κ3) is 4.40. The predicted molar refractivity (Wildman–Crippen MR) is 109 cm³/mol. The van der Waals surface area contributed by atoms with Crippen molar-refractivity contribution in [2.24, 2.45) is 5.41 Å². The van der Waals surface area contributed by atoms with E-state index in [1.807, 2.05) is 24.3 Å². The molecule has 0 unspecified atom stereocenters. The van der Waals surface area contributed by atoms with Crippen LogP contribution >= 0.6 is 0 Å². The van der Waals surface area contributed by atoms with Crippen molar-refractivity contribution in [3.63, 3.8) is 0 Å². The number of rotatable bonds is 5. The molecule has 28 heavy (non-hydrogen) atoms. The number of benzene rings is 1. The molecule has 0 atom stereocenters. The highest BCUT2D eigenvalue weighted by molar-refractivity contribution is 5.95. The maximum atomic E-state index is 12.7. The molecule has 1 heterocycles. The van der Waals surface area contributed by atoms with Crippen LogP contribution in [0.15, 0.2) is 30.5 Å². The van der Waals surface area contributed by atoms with Gasteiger partial charge in [-0.15, -0.1) is 0 Å². The van der Waals surface area contributed by atoms with Gasteiger partial charge in [-0.05, 0) is 66.9 Å². The number of nitrogens with zero attached hydrogens (tertiary/aromatic N) is 2. The lowest BCUT2D eigenvalue weighted by Gasteiger charge is -2.30. The Hall–Kier alpha value is -2.71. The topological polar surface area (TPSA) is 89.8 Å². The van der Waals surface area contributed by atoms with Crippen LogP contribution in [0.4, 0.5) is 0 Å². The smallest absolute Gasteiger partial charge is 0.202 e. The molecule has 2 N–H and O–H groups in total. The van der Waals surface area contributed by atoms with Crippen LogP contribution in [0.2, 0.25) is 0 Å². The van der Waals surface area contributed by atoms with Crippen LogP contribution in [0.3, 0.4) is 0 Å². The summed E-state index contributed by atoms with van der Waals surface area (Å²) >= 11 is 0. The highest BCUT2D eigenvalue weighted by Crippen LogP contribution is 2.39. The minimum Gasteiger partial charge on any atom is -0.386 e. The lowest BCUT2D eigenvalue weighted by atomic mass is 9.76. The zero-order valence-corrected chi connectivity index (χ0v) is 17.0. The second-order valence-corrected chi connectivity index (χ2v) is 8.89.